The number of phenols is 1. The lowest BCUT2D eigenvalue weighted by atomic mass is 9.94. The zero-order valence-electron chi connectivity index (χ0n) is 11.2. The Balaban J connectivity index is 2.19. The summed E-state index contributed by atoms with van der Waals surface area (Å²) in [4.78, 5) is 10.9. The molecule has 2 N–H and O–H groups in total. The Hall–Kier alpha value is -2.01. The van der Waals surface area contributed by atoms with Gasteiger partial charge in [0.05, 0.1) is 10.6 Å². The first-order valence-corrected chi connectivity index (χ1v) is 7.19. The highest BCUT2D eigenvalue weighted by atomic mass is 35.5. The third-order valence-electron chi connectivity index (χ3n) is 3.80. The third-order valence-corrected chi connectivity index (χ3v) is 4.09. The Morgan fingerprint density at radius 3 is 2.71 bits per heavy atom. The highest BCUT2D eigenvalue weighted by Crippen LogP contribution is 2.41. The summed E-state index contributed by atoms with van der Waals surface area (Å²) in [5, 5.41) is 23.2. The Kier molecular flexibility index (Phi) is 3.59. The van der Waals surface area contributed by atoms with E-state index < -0.39 is 5.97 Å². The van der Waals surface area contributed by atoms with Gasteiger partial charge < -0.3 is 14.7 Å². The summed E-state index contributed by atoms with van der Waals surface area (Å²) in [5.74, 6) is -1.52. The molecule has 1 aliphatic carbocycles. The van der Waals surface area contributed by atoms with E-state index in [0.29, 0.717) is 11.3 Å². The summed E-state index contributed by atoms with van der Waals surface area (Å²) in [5.41, 5.74) is 2.88. The van der Waals surface area contributed by atoms with Crippen molar-refractivity contribution >= 4 is 17.6 Å². The molecule has 110 valence electrons. The molecular weight excluding hydrogens is 294 g/mol. The second kappa shape index (κ2) is 5.41. The summed E-state index contributed by atoms with van der Waals surface area (Å²) in [7, 11) is 0. The zero-order valence-corrected chi connectivity index (χ0v) is 12.0. The Bertz CT molecular complexity index is 708. The van der Waals surface area contributed by atoms with Gasteiger partial charge in [-0.1, -0.05) is 23.2 Å². The lowest BCUT2D eigenvalue weighted by Gasteiger charge is -2.14. The van der Waals surface area contributed by atoms with Crippen LogP contribution in [0, 0.1) is 0 Å². The number of fused-ring (bicyclic) bond motifs is 1. The van der Waals surface area contributed by atoms with Gasteiger partial charge in [0.15, 0.2) is 0 Å². The molecule has 0 saturated heterocycles. The fourth-order valence-corrected chi connectivity index (χ4v) is 3.03. The topological polar surface area (TPSA) is 83.6 Å². The van der Waals surface area contributed by atoms with E-state index in [1.165, 1.54) is 6.07 Å². The predicted octanol–water partition coefficient (Wildman–Crippen LogP) is 3.67. The summed E-state index contributed by atoms with van der Waals surface area (Å²) in [6.45, 7) is 0. The zero-order chi connectivity index (χ0) is 15.0. The molecule has 2 aromatic rings. The van der Waals surface area contributed by atoms with E-state index in [-0.39, 0.29) is 16.5 Å². The van der Waals surface area contributed by atoms with Crippen LogP contribution < -0.4 is 0 Å². The van der Waals surface area contributed by atoms with E-state index in [9.17, 15) is 9.90 Å². The highest BCUT2D eigenvalue weighted by Gasteiger charge is 2.23. The van der Waals surface area contributed by atoms with Crippen LogP contribution in [0.4, 0.5) is 0 Å². The van der Waals surface area contributed by atoms with Gasteiger partial charge in [-0.2, -0.15) is 0 Å². The van der Waals surface area contributed by atoms with Gasteiger partial charge >= 0.3 is 5.97 Å². The fourth-order valence-electron chi connectivity index (χ4n) is 2.80. The average Bonchev–Trinajstić information content (AvgIpc) is 2.82. The van der Waals surface area contributed by atoms with E-state index in [2.05, 4.69) is 5.16 Å². The molecule has 0 atom stereocenters. The third kappa shape index (κ3) is 2.49. The maximum Gasteiger partial charge on any atom is 0.374 e. The van der Waals surface area contributed by atoms with Crippen molar-refractivity contribution in [2.24, 2.45) is 0 Å². The Morgan fingerprint density at radius 1 is 1.24 bits per heavy atom. The van der Waals surface area contributed by atoms with Gasteiger partial charge in [-0.25, -0.2) is 4.79 Å². The number of rotatable bonds is 2. The fraction of sp³-hybridized carbons (Fsp3) is 0.333. The number of hydrogen-bond acceptors (Lipinski definition) is 4. The first-order chi connectivity index (χ1) is 10.1. The van der Waals surface area contributed by atoms with Crippen molar-refractivity contribution in [3.05, 3.63) is 34.0 Å². The van der Waals surface area contributed by atoms with E-state index in [4.69, 9.17) is 21.2 Å². The molecule has 5 nitrogen and oxygen atoms in total. The smallest absolute Gasteiger partial charge is 0.374 e. The average molecular weight is 308 g/mol. The first-order valence-electron chi connectivity index (χ1n) is 6.81. The molecule has 1 aromatic carbocycles. The van der Waals surface area contributed by atoms with Crippen LogP contribution in [0.5, 0.6) is 5.75 Å². The van der Waals surface area contributed by atoms with Crippen LogP contribution in [-0.4, -0.2) is 21.3 Å². The monoisotopic (exact) mass is 307 g/mol. The van der Waals surface area contributed by atoms with Crippen LogP contribution >= 0.6 is 11.6 Å². The maximum absolute atomic E-state index is 10.9. The summed E-state index contributed by atoms with van der Waals surface area (Å²) in [6, 6.07) is 3.11. The van der Waals surface area contributed by atoms with Crippen molar-refractivity contribution in [3.8, 4) is 17.0 Å². The van der Waals surface area contributed by atoms with Crippen molar-refractivity contribution in [3.63, 3.8) is 0 Å². The molecular formula is C15H14ClNO4. The summed E-state index contributed by atoms with van der Waals surface area (Å²) in [6.07, 6.45) is 4.92. The minimum atomic E-state index is -1.19. The lowest BCUT2D eigenvalue weighted by Crippen LogP contribution is -1.97. The van der Waals surface area contributed by atoms with Gasteiger partial charge in [0, 0.05) is 6.07 Å². The van der Waals surface area contributed by atoms with Crippen LogP contribution in [-0.2, 0) is 12.8 Å². The molecule has 0 amide bonds. The van der Waals surface area contributed by atoms with Crippen molar-refractivity contribution < 1.29 is 19.5 Å². The first kappa shape index (κ1) is 13.9. The minimum absolute atomic E-state index is 0.0671. The predicted molar refractivity (Wildman–Crippen MR) is 76.8 cm³/mol. The van der Waals surface area contributed by atoms with Crippen molar-refractivity contribution in [2.75, 3.05) is 0 Å². The number of aromatic carboxylic acids is 1. The van der Waals surface area contributed by atoms with Crippen molar-refractivity contribution in [2.45, 2.75) is 32.1 Å². The molecule has 21 heavy (non-hydrogen) atoms. The van der Waals surface area contributed by atoms with Gasteiger partial charge in [-0.15, -0.1) is 0 Å². The van der Waals surface area contributed by atoms with E-state index >= 15 is 0 Å². The number of hydrogen-bond donors (Lipinski definition) is 2. The highest BCUT2D eigenvalue weighted by molar-refractivity contribution is 6.32. The molecule has 0 unspecified atom stereocenters. The number of nitrogens with zero attached hydrogens (tertiary/aromatic N) is 1. The number of aromatic nitrogens is 1. The maximum atomic E-state index is 10.9. The minimum Gasteiger partial charge on any atom is -0.506 e. The summed E-state index contributed by atoms with van der Waals surface area (Å²) >= 11 is 6.10. The quantitative estimate of drug-likeness (QED) is 0.827. The largest absolute Gasteiger partial charge is 0.506 e. The molecule has 0 saturated carbocycles. The molecule has 0 spiro atoms. The van der Waals surface area contributed by atoms with E-state index in [1.54, 1.807) is 6.07 Å². The van der Waals surface area contributed by atoms with Crippen molar-refractivity contribution in [1.82, 2.24) is 5.16 Å². The summed E-state index contributed by atoms with van der Waals surface area (Å²) < 4.78 is 4.79. The molecule has 3 rings (SSSR count). The number of halogens is 1. The number of carboxylic acid groups (broad SMARTS) is 1. The molecule has 1 aliphatic rings. The van der Waals surface area contributed by atoms with Crippen LogP contribution in [0.15, 0.2) is 16.7 Å². The van der Waals surface area contributed by atoms with E-state index in [0.717, 1.165) is 43.2 Å². The lowest BCUT2D eigenvalue weighted by molar-refractivity contribution is 0.0652. The van der Waals surface area contributed by atoms with Crippen LogP contribution in [0.1, 0.15) is 40.9 Å². The van der Waals surface area contributed by atoms with Gasteiger partial charge in [0.1, 0.15) is 11.4 Å². The second-order valence-electron chi connectivity index (χ2n) is 5.16. The SMILES string of the molecule is O=C(O)c1cc(-c2c(O)c(Cl)cc3c2CCCCC3)no1. The number of benzene rings is 1. The number of phenolic OH excluding ortho intramolecular Hbond substituents is 1. The molecule has 6 heteroatoms. The van der Waals surface area contributed by atoms with Crippen LogP contribution in [0.3, 0.4) is 0 Å². The number of aryl methyl sites for hydroxylation is 1. The molecule has 0 radical (unpaired) electrons. The van der Waals surface area contributed by atoms with Gasteiger partial charge in [0.2, 0.25) is 5.76 Å². The number of carboxylic acids is 1. The Morgan fingerprint density at radius 2 is 2.00 bits per heavy atom. The van der Waals surface area contributed by atoms with Gasteiger partial charge in [-0.3, -0.25) is 0 Å². The second-order valence-corrected chi connectivity index (χ2v) is 5.57. The number of carbonyl (C=O) groups is 1. The van der Waals surface area contributed by atoms with Gasteiger partial charge in [-0.05, 0) is 42.9 Å². The molecule has 1 aromatic heterocycles. The standard InChI is InChI=1S/C15H14ClNO4/c16-10-6-8-4-2-1-3-5-9(8)13(14(10)18)11-7-12(15(19)20)21-17-11/h6-7,18H,1-5H2,(H,19,20). The van der Waals surface area contributed by atoms with Gasteiger partial charge in [0.25, 0.3) is 0 Å². The molecule has 0 aliphatic heterocycles. The molecule has 1 heterocycles. The van der Waals surface area contributed by atoms with Crippen LogP contribution in [0.2, 0.25) is 5.02 Å². The molecule has 0 bridgehead atoms. The number of aromatic hydroxyl groups is 1. The van der Waals surface area contributed by atoms with E-state index in [1.807, 2.05) is 0 Å². The van der Waals surface area contributed by atoms with Crippen LogP contribution in [0.25, 0.3) is 11.3 Å². The molecule has 0 fully saturated rings. The normalized spacial score (nSPS) is 14.5. The van der Waals surface area contributed by atoms with Crippen molar-refractivity contribution in [1.29, 1.82) is 0 Å². The Labute approximate surface area is 126 Å².